The first-order valence-corrected chi connectivity index (χ1v) is 6.76. The summed E-state index contributed by atoms with van der Waals surface area (Å²) in [6.45, 7) is 6.07. The van der Waals surface area contributed by atoms with Crippen LogP contribution in [0.25, 0.3) is 0 Å². The number of urea groups is 1. The lowest BCUT2D eigenvalue weighted by Crippen LogP contribution is -2.47. The molecule has 19 heavy (non-hydrogen) atoms. The first-order chi connectivity index (χ1) is 9.01. The molecule has 108 valence electrons. The molecule has 0 aromatic heterocycles. The Morgan fingerprint density at radius 2 is 2.16 bits per heavy atom. The molecule has 1 unspecified atom stereocenters. The molecule has 0 saturated carbocycles. The summed E-state index contributed by atoms with van der Waals surface area (Å²) in [5, 5.41) is 4.92. The molecule has 1 saturated heterocycles. The third-order valence-electron chi connectivity index (χ3n) is 3.03. The van der Waals surface area contributed by atoms with Crippen LogP contribution in [0.3, 0.4) is 0 Å². The first kappa shape index (κ1) is 15.6. The highest BCUT2D eigenvalue weighted by molar-refractivity contribution is 5.95. The second-order valence-electron chi connectivity index (χ2n) is 5.43. The molecule has 1 atom stereocenters. The highest BCUT2D eigenvalue weighted by Crippen LogP contribution is 2.13. The highest BCUT2D eigenvalue weighted by Gasteiger charge is 2.21. The molecule has 1 aliphatic heterocycles. The van der Waals surface area contributed by atoms with Gasteiger partial charge in [0, 0.05) is 19.0 Å². The second kappa shape index (κ2) is 7.89. The molecule has 1 aliphatic rings. The van der Waals surface area contributed by atoms with Crippen molar-refractivity contribution >= 4 is 18.2 Å². The van der Waals surface area contributed by atoms with Crippen LogP contribution in [0.15, 0.2) is 0 Å². The minimum atomic E-state index is -0.456. The first-order valence-electron chi connectivity index (χ1n) is 6.76. The third-order valence-corrected chi connectivity index (χ3v) is 3.03. The molecule has 0 spiro atoms. The molecular formula is C13H23N3O3. The summed E-state index contributed by atoms with van der Waals surface area (Å²) < 4.78 is 0. The van der Waals surface area contributed by atoms with Crippen molar-refractivity contribution in [2.45, 2.75) is 26.7 Å². The molecule has 0 aromatic carbocycles. The number of hydrogen-bond acceptors (Lipinski definition) is 4. The van der Waals surface area contributed by atoms with E-state index in [-0.39, 0.29) is 18.4 Å². The van der Waals surface area contributed by atoms with Crippen molar-refractivity contribution in [3.8, 4) is 0 Å². The predicted octanol–water partition coefficient (Wildman–Crippen LogP) is 0.379. The van der Waals surface area contributed by atoms with Gasteiger partial charge in [0.15, 0.2) is 0 Å². The quantitative estimate of drug-likeness (QED) is 0.707. The molecule has 0 radical (unpaired) electrons. The van der Waals surface area contributed by atoms with Crippen LogP contribution in [0.2, 0.25) is 0 Å². The van der Waals surface area contributed by atoms with Gasteiger partial charge in [-0.15, -0.1) is 0 Å². The smallest absolute Gasteiger partial charge is 0.321 e. The summed E-state index contributed by atoms with van der Waals surface area (Å²) in [4.78, 5) is 35.7. The van der Waals surface area contributed by atoms with Gasteiger partial charge in [0.05, 0.1) is 6.54 Å². The Labute approximate surface area is 113 Å². The van der Waals surface area contributed by atoms with Crippen molar-refractivity contribution in [3.63, 3.8) is 0 Å². The average molecular weight is 269 g/mol. The number of nitrogens with zero attached hydrogens (tertiary/aromatic N) is 1. The lowest BCUT2D eigenvalue weighted by atomic mass is 10.00. The number of imide groups is 1. The van der Waals surface area contributed by atoms with E-state index in [1.165, 1.54) is 0 Å². The maximum absolute atomic E-state index is 11.7. The van der Waals surface area contributed by atoms with Crippen LogP contribution >= 0.6 is 0 Å². The van der Waals surface area contributed by atoms with Gasteiger partial charge in [-0.3, -0.25) is 15.0 Å². The van der Waals surface area contributed by atoms with Crippen molar-refractivity contribution in [3.05, 3.63) is 0 Å². The van der Waals surface area contributed by atoms with Gasteiger partial charge in [0.1, 0.15) is 6.29 Å². The molecule has 2 N–H and O–H groups in total. The number of likely N-dealkylation sites (tertiary alicyclic amines) is 1. The number of amides is 3. The van der Waals surface area contributed by atoms with Crippen molar-refractivity contribution in [2.75, 3.05) is 26.2 Å². The zero-order valence-corrected chi connectivity index (χ0v) is 11.6. The van der Waals surface area contributed by atoms with Crippen LogP contribution in [0, 0.1) is 11.8 Å². The average Bonchev–Trinajstić information content (AvgIpc) is 2.36. The Hall–Kier alpha value is -1.43. The molecule has 3 amide bonds. The summed E-state index contributed by atoms with van der Waals surface area (Å²) in [6.07, 6.45) is 2.74. The number of piperidine rings is 1. The molecule has 0 bridgehead atoms. The molecule has 0 aromatic rings. The minimum Gasteiger partial charge on any atom is -0.338 e. The Kier molecular flexibility index (Phi) is 6.49. The Balaban J connectivity index is 2.26. The summed E-state index contributed by atoms with van der Waals surface area (Å²) in [5.74, 6) is 0.0282. The number of aldehydes is 1. The molecule has 6 heteroatoms. The van der Waals surface area contributed by atoms with E-state index < -0.39 is 6.03 Å². The van der Waals surface area contributed by atoms with E-state index in [1.54, 1.807) is 0 Å². The largest absolute Gasteiger partial charge is 0.338 e. The zero-order chi connectivity index (χ0) is 14.3. The van der Waals surface area contributed by atoms with Crippen molar-refractivity contribution in [1.29, 1.82) is 0 Å². The molecule has 1 fully saturated rings. The molecule has 1 rings (SSSR count). The zero-order valence-electron chi connectivity index (χ0n) is 11.6. The van der Waals surface area contributed by atoms with Gasteiger partial charge < -0.3 is 10.1 Å². The Morgan fingerprint density at radius 3 is 2.79 bits per heavy atom. The molecule has 6 nitrogen and oxygen atoms in total. The van der Waals surface area contributed by atoms with Crippen LogP contribution in [0.4, 0.5) is 4.79 Å². The summed E-state index contributed by atoms with van der Waals surface area (Å²) in [6, 6.07) is -0.456. The van der Waals surface area contributed by atoms with Crippen molar-refractivity contribution < 1.29 is 14.4 Å². The summed E-state index contributed by atoms with van der Waals surface area (Å²) in [5.41, 5.74) is 0. The SMILES string of the molecule is CC(C)CNC(=O)NC(=O)CN1CCCC(C=O)C1. The van der Waals surface area contributed by atoms with Crippen LogP contribution in [0.5, 0.6) is 0 Å². The van der Waals surface area contributed by atoms with E-state index in [9.17, 15) is 14.4 Å². The maximum atomic E-state index is 11.7. The van der Waals surface area contributed by atoms with E-state index in [0.29, 0.717) is 19.0 Å². The Bertz CT molecular complexity index is 331. The summed E-state index contributed by atoms with van der Waals surface area (Å²) in [7, 11) is 0. The van der Waals surface area contributed by atoms with E-state index in [1.807, 2.05) is 18.7 Å². The van der Waals surface area contributed by atoms with E-state index in [0.717, 1.165) is 25.7 Å². The number of carbonyl (C=O) groups excluding carboxylic acids is 3. The number of rotatable bonds is 5. The summed E-state index contributed by atoms with van der Waals surface area (Å²) >= 11 is 0. The van der Waals surface area contributed by atoms with Gasteiger partial charge in [-0.05, 0) is 25.3 Å². The highest BCUT2D eigenvalue weighted by atomic mass is 16.2. The van der Waals surface area contributed by atoms with Crippen LogP contribution in [0.1, 0.15) is 26.7 Å². The van der Waals surface area contributed by atoms with Crippen LogP contribution < -0.4 is 10.6 Å². The van der Waals surface area contributed by atoms with E-state index in [4.69, 9.17) is 0 Å². The van der Waals surface area contributed by atoms with Crippen molar-refractivity contribution in [1.82, 2.24) is 15.5 Å². The number of carbonyl (C=O) groups is 3. The van der Waals surface area contributed by atoms with Gasteiger partial charge >= 0.3 is 6.03 Å². The fourth-order valence-electron chi connectivity index (χ4n) is 2.06. The number of hydrogen-bond donors (Lipinski definition) is 2. The lowest BCUT2D eigenvalue weighted by Gasteiger charge is -2.29. The second-order valence-corrected chi connectivity index (χ2v) is 5.43. The van der Waals surface area contributed by atoms with Gasteiger partial charge in [0.2, 0.25) is 5.91 Å². The fourth-order valence-corrected chi connectivity index (χ4v) is 2.06. The van der Waals surface area contributed by atoms with E-state index in [2.05, 4.69) is 10.6 Å². The minimum absolute atomic E-state index is 0.0105. The van der Waals surface area contributed by atoms with E-state index >= 15 is 0 Å². The van der Waals surface area contributed by atoms with Gasteiger partial charge in [-0.2, -0.15) is 0 Å². The maximum Gasteiger partial charge on any atom is 0.321 e. The van der Waals surface area contributed by atoms with Crippen molar-refractivity contribution in [2.24, 2.45) is 11.8 Å². The van der Waals surface area contributed by atoms with Gasteiger partial charge in [-0.25, -0.2) is 4.79 Å². The van der Waals surface area contributed by atoms with Gasteiger partial charge in [-0.1, -0.05) is 13.8 Å². The monoisotopic (exact) mass is 269 g/mol. The predicted molar refractivity (Wildman–Crippen MR) is 71.6 cm³/mol. The lowest BCUT2D eigenvalue weighted by molar-refractivity contribution is -0.122. The third kappa shape index (κ3) is 6.33. The van der Waals surface area contributed by atoms with Crippen LogP contribution in [-0.4, -0.2) is 49.3 Å². The normalized spacial score (nSPS) is 20.1. The van der Waals surface area contributed by atoms with Gasteiger partial charge in [0.25, 0.3) is 0 Å². The standard InChI is InChI=1S/C13H23N3O3/c1-10(2)6-14-13(19)15-12(18)8-16-5-3-4-11(7-16)9-17/h9-11H,3-8H2,1-2H3,(H2,14,15,18,19). The molecule has 1 heterocycles. The fraction of sp³-hybridized carbons (Fsp3) is 0.769. The number of nitrogens with one attached hydrogen (secondary N) is 2. The van der Waals surface area contributed by atoms with Crippen LogP contribution in [-0.2, 0) is 9.59 Å². The Morgan fingerprint density at radius 1 is 1.42 bits per heavy atom. The topological polar surface area (TPSA) is 78.5 Å². The molecule has 0 aliphatic carbocycles. The molecular weight excluding hydrogens is 246 g/mol.